The van der Waals surface area contributed by atoms with Crippen LogP contribution in [-0.4, -0.2) is 8.07 Å². The van der Waals surface area contributed by atoms with Crippen LogP contribution in [0.15, 0.2) is 188 Å². The Morgan fingerprint density at radius 1 is 0.358 bits per heavy atom. The average molecular weight is 713 g/mol. The predicted octanol–water partition coefficient (Wildman–Crippen LogP) is 8.76. The van der Waals surface area contributed by atoms with Gasteiger partial charge in [0.2, 0.25) is 0 Å². The van der Waals surface area contributed by atoms with E-state index in [2.05, 4.69) is 141 Å². The second-order valence-corrected chi connectivity index (χ2v) is 21.0. The van der Waals surface area contributed by atoms with E-state index in [0.717, 1.165) is 15.9 Å². The van der Waals surface area contributed by atoms with Crippen LogP contribution < -0.4 is 36.7 Å². The minimum atomic E-state index is -3.24. The van der Waals surface area contributed by atoms with Crippen molar-refractivity contribution < 1.29 is 4.57 Å². The van der Waals surface area contributed by atoms with Gasteiger partial charge in [-0.05, 0) is 90.2 Å². The Kier molecular flexibility index (Phi) is 7.31. The highest BCUT2D eigenvalue weighted by Gasteiger charge is 2.50. The molecular formula is C50H37OPSi. The van der Waals surface area contributed by atoms with Crippen molar-refractivity contribution in [3.05, 3.63) is 199 Å². The lowest BCUT2D eigenvalue weighted by molar-refractivity contribution is 0.592. The summed E-state index contributed by atoms with van der Waals surface area (Å²) in [5.74, 6) is 0. The molecule has 0 amide bonds. The molecule has 0 fully saturated rings. The fourth-order valence-corrected chi connectivity index (χ4v) is 17.0. The maximum absolute atomic E-state index is 16.0. The van der Waals surface area contributed by atoms with E-state index in [0.29, 0.717) is 0 Å². The van der Waals surface area contributed by atoms with Crippen LogP contribution in [0.1, 0.15) is 11.1 Å². The fourth-order valence-electron chi connectivity index (χ4n) is 9.02. The van der Waals surface area contributed by atoms with Crippen molar-refractivity contribution in [2.45, 2.75) is 13.8 Å². The zero-order valence-corrected chi connectivity index (χ0v) is 31.6. The molecular weight excluding hydrogens is 676 g/mol. The van der Waals surface area contributed by atoms with E-state index >= 15 is 4.57 Å². The third kappa shape index (κ3) is 4.66. The van der Waals surface area contributed by atoms with Crippen molar-refractivity contribution in [3.8, 4) is 11.1 Å². The lowest BCUT2D eigenvalue weighted by Crippen LogP contribution is -2.73. The molecule has 0 aromatic heterocycles. The van der Waals surface area contributed by atoms with Gasteiger partial charge in [-0.15, -0.1) is 0 Å². The van der Waals surface area contributed by atoms with E-state index in [9.17, 15) is 0 Å². The highest BCUT2D eigenvalue weighted by Crippen LogP contribution is 2.44. The summed E-state index contributed by atoms with van der Waals surface area (Å²) in [6, 6.07) is 68.2. The van der Waals surface area contributed by atoms with Gasteiger partial charge in [-0.1, -0.05) is 187 Å². The first-order valence-corrected chi connectivity index (χ1v) is 22.1. The highest BCUT2D eigenvalue weighted by atomic mass is 31.2. The largest absolute Gasteiger partial charge is 0.309 e. The van der Waals surface area contributed by atoms with Gasteiger partial charge >= 0.3 is 0 Å². The van der Waals surface area contributed by atoms with Crippen LogP contribution in [0, 0.1) is 13.8 Å². The standard InChI is InChI=1S/C50H37OPSi/c1-34-21-26-39(27-22-34)53(40-28-23-35(2)24-29-40)49-31-38(52(51,36-13-5-3-6-14-36)37-15-7-4-8-16-37)25-30-45(49)48-32-46-43-19-11-9-17-41(43)42-18-10-12-20-44(42)47(46)33-50(48)53/h3-33H,1-2H3. The maximum Gasteiger partial charge on any atom is 0.180 e. The quantitative estimate of drug-likeness (QED) is 0.0992. The zero-order valence-electron chi connectivity index (χ0n) is 29.8. The summed E-state index contributed by atoms with van der Waals surface area (Å²) >= 11 is 0. The molecule has 0 radical (unpaired) electrons. The van der Waals surface area contributed by atoms with E-state index in [1.54, 1.807) is 0 Å². The fraction of sp³-hybridized carbons (Fsp3) is 0.0400. The van der Waals surface area contributed by atoms with Gasteiger partial charge in [0.1, 0.15) is 0 Å². The van der Waals surface area contributed by atoms with Crippen LogP contribution in [0.2, 0.25) is 0 Å². The second-order valence-electron chi connectivity index (χ2n) is 14.5. The van der Waals surface area contributed by atoms with E-state index < -0.39 is 15.2 Å². The Morgan fingerprint density at radius 2 is 0.774 bits per heavy atom. The lowest BCUT2D eigenvalue weighted by Gasteiger charge is -2.32. The molecule has 1 aliphatic heterocycles. The molecule has 0 spiro atoms. The summed E-state index contributed by atoms with van der Waals surface area (Å²) in [5.41, 5.74) is 5.00. The van der Waals surface area contributed by atoms with Gasteiger partial charge < -0.3 is 4.57 Å². The number of benzene rings is 9. The smallest absolute Gasteiger partial charge is 0.180 e. The van der Waals surface area contributed by atoms with Crippen molar-refractivity contribution in [3.63, 3.8) is 0 Å². The molecule has 0 saturated heterocycles. The summed E-state index contributed by atoms with van der Waals surface area (Å²) in [4.78, 5) is 0. The Bertz CT molecular complexity index is 2830. The van der Waals surface area contributed by atoms with E-state index in [4.69, 9.17) is 0 Å². The van der Waals surface area contributed by atoms with Crippen LogP contribution in [0.3, 0.4) is 0 Å². The third-order valence-electron chi connectivity index (χ3n) is 11.6. The SMILES string of the molecule is Cc1ccc([Si]2(c3ccc(C)cc3)c3cc(P(=O)(c4ccccc4)c4ccccc4)ccc3-c3cc4c5ccccc5c5ccccc5c4cc32)cc1. The Hall–Kier alpha value is -5.79. The molecule has 3 heteroatoms. The van der Waals surface area contributed by atoms with Gasteiger partial charge in [0.25, 0.3) is 0 Å². The number of hydrogen-bond donors (Lipinski definition) is 0. The maximum atomic E-state index is 16.0. The molecule has 0 aliphatic carbocycles. The first-order valence-electron chi connectivity index (χ1n) is 18.4. The predicted molar refractivity (Wildman–Crippen MR) is 230 cm³/mol. The number of aryl methyl sites for hydroxylation is 2. The van der Waals surface area contributed by atoms with Gasteiger partial charge in [-0.3, -0.25) is 0 Å². The van der Waals surface area contributed by atoms with Crippen molar-refractivity contribution in [2.75, 3.05) is 0 Å². The first-order chi connectivity index (χ1) is 26.0. The van der Waals surface area contributed by atoms with E-state index in [1.807, 2.05) is 60.7 Å². The number of rotatable bonds is 5. The molecule has 1 aliphatic rings. The highest BCUT2D eigenvalue weighted by molar-refractivity contribution is 7.85. The van der Waals surface area contributed by atoms with Crippen LogP contribution in [-0.2, 0) is 4.57 Å². The van der Waals surface area contributed by atoms with E-state index in [1.165, 1.54) is 75.3 Å². The average Bonchev–Trinajstić information content (AvgIpc) is 3.50. The summed E-state index contributed by atoms with van der Waals surface area (Å²) in [6.07, 6.45) is 0. The lowest BCUT2D eigenvalue weighted by atomic mass is 9.92. The normalized spacial score (nSPS) is 13.3. The molecule has 9 aromatic rings. The van der Waals surface area contributed by atoms with Crippen LogP contribution in [0.5, 0.6) is 0 Å². The first kappa shape index (κ1) is 31.9. The third-order valence-corrected chi connectivity index (χ3v) is 19.5. The molecule has 1 heterocycles. The number of hydrogen-bond acceptors (Lipinski definition) is 1. The summed E-state index contributed by atoms with van der Waals surface area (Å²) < 4.78 is 16.0. The number of fused-ring (bicyclic) bond motifs is 9. The molecule has 0 N–H and O–H groups in total. The van der Waals surface area contributed by atoms with Crippen molar-refractivity contribution >= 4 is 84.2 Å². The van der Waals surface area contributed by atoms with Crippen LogP contribution >= 0.6 is 7.14 Å². The molecule has 252 valence electrons. The topological polar surface area (TPSA) is 17.1 Å². The Morgan fingerprint density at radius 3 is 1.26 bits per heavy atom. The molecule has 1 nitrogen and oxygen atoms in total. The van der Waals surface area contributed by atoms with Gasteiger partial charge in [0, 0.05) is 15.9 Å². The van der Waals surface area contributed by atoms with Crippen molar-refractivity contribution in [1.29, 1.82) is 0 Å². The van der Waals surface area contributed by atoms with E-state index in [-0.39, 0.29) is 0 Å². The zero-order chi connectivity index (χ0) is 35.7. The Balaban J connectivity index is 1.38. The molecule has 0 unspecified atom stereocenters. The van der Waals surface area contributed by atoms with Crippen molar-refractivity contribution in [2.24, 2.45) is 0 Å². The molecule has 53 heavy (non-hydrogen) atoms. The van der Waals surface area contributed by atoms with Gasteiger partial charge in [0.15, 0.2) is 15.2 Å². The summed E-state index contributed by atoms with van der Waals surface area (Å²) in [6.45, 7) is 4.33. The molecule has 0 saturated carbocycles. The van der Waals surface area contributed by atoms with Gasteiger partial charge in [-0.25, -0.2) is 0 Å². The van der Waals surface area contributed by atoms with Gasteiger partial charge in [-0.2, -0.15) is 0 Å². The second kappa shape index (κ2) is 12.1. The monoisotopic (exact) mass is 712 g/mol. The van der Waals surface area contributed by atoms with Gasteiger partial charge in [0.05, 0.1) is 0 Å². The molecule has 0 bridgehead atoms. The molecule has 0 atom stereocenters. The molecule has 9 aromatic carbocycles. The van der Waals surface area contributed by atoms with Crippen LogP contribution in [0.25, 0.3) is 43.4 Å². The Labute approximate surface area is 311 Å². The van der Waals surface area contributed by atoms with Crippen molar-refractivity contribution in [1.82, 2.24) is 0 Å². The minimum absolute atomic E-state index is 0.850. The minimum Gasteiger partial charge on any atom is -0.309 e. The van der Waals surface area contributed by atoms with Crippen LogP contribution in [0.4, 0.5) is 0 Å². The summed E-state index contributed by atoms with van der Waals surface area (Å²) in [5, 5.41) is 15.6. The molecule has 10 rings (SSSR count). The summed E-state index contributed by atoms with van der Waals surface area (Å²) in [7, 11) is -6.22.